The largest absolute Gasteiger partial charge is 0.598 e. The molecule has 8 heteroatoms. The summed E-state index contributed by atoms with van der Waals surface area (Å²) in [7, 11) is 0. The van der Waals surface area contributed by atoms with Gasteiger partial charge >= 0.3 is 6.36 Å². The number of hydrogen-bond acceptors (Lipinski definition) is 3. The van der Waals surface area contributed by atoms with E-state index in [1.54, 1.807) is 20.8 Å². The Morgan fingerprint density at radius 1 is 1.24 bits per heavy atom. The molecule has 0 saturated carbocycles. The molecule has 0 spiro atoms. The quantitative estimate of drug-likeness (QED) is 0.666. The van der Waals surface area contributed by atoms with Gasteiger partial charge in [0.15, 0.2) is 0 Å². The number of rotatable bonds is 5. The molecule has 0 aliphatic carbocycles. The van der Waals surface area contributed by atoms with Crippen LogP contribution in [0.25, 0.3) is 0 Å². The Labute approximate surface area is 124 Å². The van der Waals surface area contributed by atoms with Crippen molar-refractivity contribution in [2.45, 2.75) is 38.3 Å². The van der Waals surface area contributed by atoms with Crippen LogP contribution in [0.5, 0.6) is 5.75 Å². The van der Waals surface area contributed by atoms with E-state index in [1.165, 1.54) is 6.07 Å². The first-order valence-corrected chi connectivity index (χ1v) is 7.33. The zero-order valence-electron chi connectivity index (χ0n) is 11.9. The molecule has 0 heterocycles. The average molecular weight is 327 g/mol. The van der Waals surface area contributed by atoms with Gasteiger partial charge in [-0.15, -0.1) is 17.9 Å². The molecule has 0 unspecified atom stereocenters. The molecule has 0 saturated heterocycles. The summed E-state index contributed by atoms with van der Waals surface area (Å²) in [6, 6.07) is 2.95. The molecule has 0 amide bonds. The van der Waals surface area contributed by atoms with E-state index in [0.29, 0.717) is 6.07 Å². The van der Waals surface area contributed by atoms with Crippen LogP contribution in [0, 0.1) is 5.82 Å². The molecule has 1 aromatic rings. The van der Waals surface area contributed by atoms with Crippen LogP contribution in [0.4, 0.5) is 17.6 Å². The molecular formula is C13H17F4NO2S. The van der Waals surface area contributed by atoms with Crippen molar-refractivity contribution in [2.24, 2.45) is 0 Å². The SMILES string of the molecule is CC(C)(C)[S@+]([O-])NCCc1ccc(OC(F)(F)F)cc1F. The Morgan fingerprint density at radius 2 is 1.86 bits per heavy atom. The van der Waals surface area contributed by atoms with Gasteiger partial charge in [0.25, 0.3) is 0 Å². The lowest BCUT2D eigenvalue weighted by molar-refractivity contribution is -0.274. The van der Waals surface area contributed by atoms with Crippen LogP contribution in [0.2, 0.25) is 0 Å². The average Bonchev–Trinajstić information content (AvgIpc) is 2.28. The minimum absolute atomic E-state index is 0.208. The fourth-order valence-corrected chi connectivity index (χ4v) is 2.14. The maximum atomic E-state index is 13.6. The summed E-state index contributed by atoms with van der Waals surface area (Å²) in [6.07, 6.45) is -4.64. The normalized spacial score (nSPS) is 14.1. The maximum absolute atomic E-state index is 13.6. The second-order valence-corrected chi connectivity index (χ2v) is 7.38. The van der Waals surface area contributed by atoms with Crippen molar-refractivity contribution in [3.8, 4) is 5.75 Å². The van der Waals surface area contributed by atoms with E-state index in [0.717, 1.165) is 6.07 Å². The third-order valence-electron chi connectivity index (χ3n) is 2.44. The van der Waals surface area contributed by atoms with Crippen LogP contribution in [0.3, 0.4) is 0 Å². The molecule has 0 fully saturated rings. The molecule has 1 N–H and O–H groups in total. The van der Waals surface area contributed by atoms with Crippen molar-refractivity contribution in [1.29, 1.82) is 0 Å². The number of benzene rings is 1. The van der Waals surface area contributed by atoms with Crippen molar-refractivity contribution >= 4 is 11.4 Å². The minimum Gasteiger partial charge on any atom is -0.598 e. The van der Waals surface area contributed by atoms with E-state index >= 15 is 0 Å². The molecule has 1 atom stereocenters. The third-order valence-corrected chi connectivity index (χ3v) is 4.02. The van der Waals surface area contributed by atoms with Crippen molar-refractivity contribution in [2.75, 3.05) is 6.54 Å². The van der Waals surface area contributed by atoms with Gasteiger partial charge in [0, 0.05) is 24.0 Å². The molecule has 3 nitrogen and oxygen atoms in total. The van der Waals surface area contributed by atoms with Crippen LogP contribution < -0.4 is 9.46 Å². The van der Waals surface area contributed by atoms with E-state index in [1.807, 2.05) is 0 Å². The van der Waals surface area contributed by atoms with Crippen molar-refractivity contribution < 1.29 is 26.9 Å². The molecule has 120 valence electrons. The molecule has 0 radical (unpaired) electrons. The predicted molar refractivity (Wildman–Crippen MR) is 72.7 cm³/mol. The first-order valence-electron chi connectivity index (χ1n) is 6.18. The van der Waals surface area contributed by atoms with E-state index in [4.69, 9.17) is 0 Å². The van der Waals surface area contributed by atoms with Crippen molar-refractivity contribution in [3.63, 3.8) is 0 Å². The smallest absolute Gasteiger partial charge is 0.573 e. The molecule has 0 aromatic heterocycles. The van der Waals surface area contributed by atoms with Gasteiger partial charge in [0.2, 0.25) is 0 Å². The van der Waals surface area contributed by atoms with E-state index in [9.17, 15) is 22.1 Å². The fraction of sp³-hybridized carbons (Fsp3) is 0.538. The van der Waals surface area contributed by atoms with Gasteiger partial charge in [0.1, 0.15) is 16.3 Å². The number of ether oxygens (including phenoxy) is 1. The Bertz CT molecular complexity index is 474. The van der Waals surface area contributed by atoms with Crippen molar-refractivity contribution in [3.05, 3.63) is 29.6 Å². The van der Waals surface area contributed by atoms with Gasteiger partial charge in [-0.05, 0) is 38.8 Å². The summed E-state index contributed by atoms with van der Waals surface area (Å²) < 4.78 is 67.2. The summed E-state index contributed by atoms with van der Waals surface area (Å²) in [5.74, 6) is -1.39. The molecule has 1 aromatic carbocycles. The summed E-state index contributed by atoms with van der Waals surface area (Å²) in [5, 5.41) is 0. The number of hydrogen-bond donors (Lipinski definition) is 1. The van der Waals surface area contributed by atoms with Crippen LogP contribution in [0.15, 0.2) is 18.2 Å². The van der Waals surface area contributed by atoms with E-state index in [-0.39, 0.29) is 18.5 Å². The van der Waals surface area contributed by atoms with Crippen LogP contribution in [-0.2, 0) is 17.8 Å². The Morgan fingerprint density at radius 3 is 2.33 bits per heavy atom. The van der Waals surface area contributed by atoms with Crippen molar-refractivity contribution in [1.82, 2.24) is 4.72 Å². The van der Waals surface area contributed by atoms with Crippen LogP contribution in [-0.4, -0.2) is 22.2 Å². The predicted octanol–water partition coefficient (Wildman–Crippen LogP) is 3.32. The van der Waals surface area contributed by atoms with Gasteiger partial charge < -0.3 is 9.29 Å². The summed E-state index contributed by atoms with van der Waals surface area (Å²) in [4.78, 5) is 0. The zero-order valence-corrected chi connectivity index (χ0v) is 12.7. The Balaban J connectivity index is 2.58. The number of halogens is 4. The van der Waals surface area contributed by atoms with E-state index < -0.39 is 34.0 Å². The molecular weight excluding hydrogens is 310 g/mol. The monoisotopic (exact) mass is 327 g/mol. The maximum Gasteiger partial charge on any atom is 0.573 e. The first kappa shape index (κ1) is 18.1. The molecule has 0 aliphatic rings. The topological polar surface area (TPSA) is 44.3 Å². The van der Waals surface area contributed by atoms with Gasteiger partial charge in [-0.25, -0.2) is 4.39 Å². The second-order valence-electron chi connectivity index (χ2n) is 5.33. The van der Waals surface area contributed by atoms with Gasteiger partial charge in [-0.3, -0.25) is 0 Å². The van der Waals surface area contributed by atoms with Crippen LogP contribution in [0.1, 0.15) is 26.3 Å². The summed E-state index contributed by atoms with van der Waals surface area (Å²) in [6.45, 7) is 5.63. The molecule has 21 heavy (non-hydrogen) atoms. The van der Waals surface area contributed by atoms with Crippen LogP contribution >= 0.6 is 0 Å². The second kappa shape index (κ2) is 6.85. The standard InChI is InChI=1S/C13H17F4NO2S/c1-12(2,3)21(19)18-7-6-9-4-5-10(8-11(9)14)20-13(15,16)17/h4-5,8,18H,6-7H2,1-3H3/t21-/m0/s1. The highest BCUT2D eigenvalue weighted by Gasteiger charge is 2.31. The number of nitrogens with one attached hydrogen (secondary N) is 1. The zero-order chi connectivity index (χ0) is 16.3. The van der Waals surface area contributed by atoms with Gasteiger partial charge in [-0.2, -0.15) is 0 Å². The third kappa shape index (κ3) is 6.54. The van der Waals surface area contributed by atoms with E-state index in [2.05, 4.69) is 9.46 Å². The molecule has 0 aliphatic heterocycles. The lowest BCUT2D eigenvalue weighted by Gasteiger charge is -2.23. The summed E-state index contributed by atoms with van der Waals surface area (Å²) >= 11 is -1.28. The first-order chi connectivity index (χ1) is 9.49. The van der Waals surface area contributed by atoms with Gasteiger partial charge in [0.05, 0.1) is 0 Å². The lowest BCUT2D eigenvalue weighted by atomic mass is 10.1. The fourth-order valence-electron chi connectivity index (χ4n) is 1.42. The Kier molecular flexibility index (Phi) is 5.89. The highest BCUT2D eigenvalue weighted by molar-refractivity contribution is 7.90. The lowest BCUT2D eigenvalue weighted by Crippen LogP contribution is -2.40. The van der Waals surface area contributed by atoms with Gasteiger partial charge in [-0.1, -0.05) is 6.07 Å². The number of alkyl halides is 3. The minimum atomic E-state index is -4.85. The Hall–Kier alpha value is -0.990. The molecule has 1 rings (SSSR count). The highest BCUT2D eigenvalue weighted by atomic mass is 32.2. The summed E-state index contributed by atoms with van der Waals surface area (Å²) in [5.41, 5.74) is 0.225. The highest BCUT2D eigenvalue weighted by Crippen LogP contribution is 2.24. The molecule has 0 bridgehead atoms.